The summed E-state index contributed by atoms with van der Waals surface area (Å²) in [6, 6.07) is 3.36. The van der Waals surface area contributed by atoms with Crippen LogP contribution >= 0.6 is 0 Å². The van der Waals surface area contributed by atoms with Crippen molar-refractivity contribution in [3.63, 3.8) is 0 Å². The summed E-state index contributed by atoms with van der Waals surface area (Å²) in [7, 11) is 2.46. The lowest BCUT2D eigenvalue weighted by molar-refractivity contribution is 0.00578. The molecule has 0 N–H and O–H groups in total. The molecule has 5 nitrogen and oxygen atoms in total. The fraction of sp³-hybridized carbons (Fsp3) is 0.533. The van der Waals surface area contributed by atoms with Gasteiger partial charge >= 0.3 is 7.12 Å². The van der Waals surface area contributed by atoms with Gasteiger partial charge in [-0.05, 0) is 45.3 Å². The maximum absolute atomic E-state index is 11.4. The second-order valence-electron chi connectivity index (χ2n) is 6.04. The molecule has 0 spiro atoms. The number of methoxy groups -OCH3 is 2. The highest BCUT2D eigenvalue weighted by molar-refractivity contribution is 6.63. The molecule has 1 heterocycles. The summed E-state index contributed by atoms with van der Waals surface area (Å²) in [6.45, 7) is 7.87. The largest absolute Gasteiger partial charge is 0.495 e. The third-order valence-corrected chi connectivity index (χ3v) is 4.22. The molecule has 114 valence electrons. The number of carbonyl (C=O) groups excluding carboxylic acids is 1. The van der Waals surface area contributed by atoms with E-state index in [1.54, 1.807) is 19.2 Å². The van der Waals surface area contributed by atoms with Crippen molar-refractivity contribution >= 4 is 18.9 Å². The molecule has 1 aromatic carbocycles. The van der Waals surface area contributed by atoms with Gasteiger partial charge in [0.05, 0.1) is 25.4 Å². The molecular weight excluding hydrogens is 271 g/mol. The summed E-state index contributed by atoms with van der Waals surface area (Å²) >= 11 is 0. The Morgan fingerprint density at radius 2 is 1.48 bits per heavy atom. The summed E-state index contributed by atoms with van der Waals surface area (Å²) in [5, 5.41) is 0. The van der Waals surface area contributed by atoms with Gasteiger partial charge in [0.25, 0.3) is 0 Å². The number of carbonyl (C=O) groups is 1. The van der Waals surface area contributed by atoms with E-state index in [0.29, 0.717) is 22.5 Å². The van der Waals surface area contributed by atoms with Crippen LogP contribution < -0.4 is 14.9 Å². The first-order valence-electron chi connectivity index (χ1n) is 6.82. The lowest BCUT2D eigenvalue weighted by atomic mass is 9.76. The Bertz CT molecular complexity index is 537. The lowest BCUT2D eigenvalue weighted by Crippen LogP contribution is -2.41. The zero-order valence-corrected chi connectivity index (χ0v) is 13.4. The predicted molar refractivity (Wildman–Crippen MR) is 80.6 cm³/mol. The van der Waals surface area contributed by atoms with Crippen LogP contribution in [0.5, 0.6) is 11.5 Å². The summed E-state index contributed by atoms with van der Waals surface area (Å²) < 4.78 is 22.5. The predicted octanol–water partition coefficient (Wildman–Crippen LogP) is 1.82. The molecule has 0 unspecified atom stereocenters. The van der Waals surface area contributed by atoms with Crippen LogP contribution in [0.3, 0.4) is 0 Å². The molecule has 1 aliphatic rings. The van der Waals surface area contributed by atoms with Crippen molar-refractivity contribution in [2.45, 2.75) is 38.9 Å². The summed E-state index contributed by atoms with van der Waals surface area (Å²) in [4.78, 5) is 11.4. The highest BCUT2D eigenvalue weighted by Crippen LogP contribution is 2.37. The van der Waals surface area contributed by atoms with Crippen LogP contribution in [0.1, 0.15) is 38.1 Å². The van der Waals surface area contributed by atoms with Gasteiger partial charge in [0.1, 0.15) is 6.29 Å². The molecule has 0 saturated carbocycles. The van der Waals surface area contributed by atoms with E-state index in [4.69, 9.17) is 18.8 Å². The molecule has 21 heavy (non-hydrogen) atoms. The minimum atomic E-state index is -0.616. The van der Waals surface area contributed by atoms with E-state index in [9.17, 15) is 4.79 Å². The second-order valence-corrected chi connectivity index (χ2v) is 6.04. The van der Waals surface area contributed by atoms with Crippen molar-refractivity contribution in [1.29, 1.82) is 0 Å². The zero-order chi connectivity index (χ0) is 15.8. The summed E-state index contributed by atoms with van der Waals surface area (Å²) in [5.74, 6) is 1.03. The van der Waals surface area contributed by atoms with Crippen molar-refractivity contribution in [3.05, 3.63) is 17.7 Å². The molecular formula is C15H21BO5. The molecule has 1 aromatic rings. The minimum absolute atomic E-state index is 0.464. The van der Waals surface area contributed by atoms with Crippen molar-refractivity contribution in [2.75, 3.05) is 14.2 Å². The van der Waals surface area contributed by atoms with Gasteiger partial charge in [0, 0.05) is 5.56 Å². The second kappa shape index (κ2) is 5.35. The molecule has 1 aliphatic heterocycles. The van der Waals surface area contributed by atoms with E-state index >= 15 is 0 Å². The zero-order valence-electron chi connectivity index (χ0n) is 13.4. The first kappa shape index (κ1) is 15.9. The highest BCUT2D eigenvalue weighted by atomic mass is 16.7. The molecule has 0 aromatic heterocycles. The van der Waals surface area contributed by atoms with E-state index in [0.717, 1.165) is 6.29 Å². The quantitative estimate of drug-likeness (QED) is 0.626. The Morgan fingerprint density at radius 3 is 1.90 bits per heavy atom. The molecule has 0 atom stereocenters. The Balaban J connectivity index is 2.47. The lowest BCUT2D eigenvalue weighted by Gasteiger charge is -2.32. The number of ether oxygens (including phenoxy) is 2. The van der Waals surface area contributed by atoms with Crippen LogP contribution in [0.25, 0.3) is 0 Å². The number of hydrogen-bond acceptors (Lipinski definition) is 5. The van der Waals surface area contributed by atoms with Crippen LogP contribution in [-0.2, 0) is 9.31 Å². The Kier molecular flexibility index (Phi) is 4.04. The topological polar surface area (TPSA) is 54.0 Å². The molecule has 1 saturated heterocycles. The fourth-order valence-corrected chi connectivity index (χ4v) is 2.19. The molecule has 0 radical (unpaired) electrons. The first-order valence-corrected chi connectivity index (χ1v) is 6.82. The monoisotopic (exact) mass is 292 g/mol. The average Bonchev–Trinajstić information content (AvgIpc) is 2.65. The minimum Gasteiger partial charge on any atom is -0.493 e. The number of benzene rings is 1. The van der Waals surface area contributed by atoms with Crippen molar-refractivity contribution in [2.24, 2.45) is 0 Å². The normalized spacial score (nSPS) is 19.4. The van der Waals surface area contributed by atoms with Crippen LogP contribution in [0.2, 0.25) is 0 Å². The maximum atomic E-state index is 11.4. The van der Waals surface area contributed by atoms with Gasteiger partial charge in [0.2, 0.25) is 0 Å². The summed E-state index contributed by atoms with van der Waals surface area (Å²) in [6.07, 6.45) is 0.766. The third-order valence-electron chi connectivity index (χ3n) is 4.22. The van der Waals surface area contributed by atoms with Gasteiger partial charge in [-0.2, -0.15) is 0 Å². The van der Waals surface area contributed by atoms with Gasteiger partial charge in [-0.15, -0.1) is 0 Å². The van der Waals surface area contributed by atoms with E-state index in [-0.39, 0.29) is 0 Å². The fourth-order valence-electron chi connectivity index (χ4n) is 2.19. The van der Waals surface area contributed by atoms with E-state index in [2.05, 4.69) is 0 Å². The standard InChI is InChI=1S/C15H21BO5/c1-14(2)15(3,4)21-16(20-14)11-8-13(19-6)12(18-5)7-10(11)9-17/h7-9H,1-6H3. The maximum Gasteiger partial charge on any atom is 0.495 e. The Hall–Kier alpha value is -1.53. The molecule has 0 aliphatic carbocycles. The Morgan fingerprint density at radius 1 is 1.00 bits per heavy atom. The van der Waals surface area contributed by atoms with Crippen molar-refractivity contribution in [3.8, 4) is 11.5 Å². The van der Waals surface area contributed by atoms with Crippen LogP contribution in [0.15, 0.2) is 12.1 Å². The van der Waals surface area contributed by atoms with Crippen LogP contribution in [-0.4, -0.2) is 38.8 Å². The van der Waals surface area contributed by atoms with E-state index < -0.39 is 18.3 Å². The van der Waals surface area contributed by atoms with Crippen molar-refractivity contribution in [1.82, 2.24) is 0 Å². The van der Waals surface area contributed by atoms with Crippen LogP contribution in [0, 0.1) is 0 Å². The highest BCUT2D eigenvalue weighted by Gasteiger charge is 2.52. The van der Waals surface area contributed by atoms with Gasteiger partial charge in [-0.3, -0.25) is 4.79 Å². The average molecular weight is 292 g/mol. The van der Waals surface area contributed by atoms with E-state index in [1.165, 1.54) is 7.11 Å². The SMILES string of the molecule is COc1cc(C=O)c(B2OC(C)(C)C(C)(C)O2)cc1OC. The molecule has 0 amide bonds. The molecule has 0 bridgehead atoms. The van der Waals surface area contributed by atoms with Gasteiger partial charge in [0.15, 0.2) is 11.5 Å². The number of hydrogen-bond donors (Lipinski definition) is 0. The van der Waals surface area contributed by atoms with E-state index in [1.807, 2.05) is 27.7 Å². The van der Waals surface area contributed by atoms with Crippen molar-refractivity contribution < 1.29 is 23.6 Å². The number of aldehydes is 1. The van der Waals surface area contributed by atoms with Crippen LogP contribution in [0.4, 0.5) is 0 Å². The summed E-state index contributed by atoms with van der Waals surface area (Å²) in [5.41, 5.74) is 0.170. The Labute approximate surface area is 125 Å². The smallest absolute Gasteiger partial charge is 0.493 e. The van der Waals surface area contributed by atoms with Gasteiger partial charge in [-0.1, -0.05) is 0 Å². The molecule has 6 heteroatoms. The van der Waals surface area contributed by atoms with Gasteiger partial charge < -0.3 is 18.8 Å². The molecule has 2 rings (SSSR count). The number of rotatable bonds is 4. The molecule has 1 fully saturated rings. The first-order chi connectivity index (χ1) is 9.75. The third kappa shape index (κ3) is 2.65. The van der Waals surface area contributed by atoms with Gasteiger partial charge in [-0.25, -0.2) is 0 Å².